The Bertz CT molecular complexity index is 1950. The number of amides is 2. The number of carbonyl (C=O) groups excluding carboxylic acids is 3. The minimum Gasteiger partial charge on any atom is -0.481 e. The zero-order valence-electron chi connectivity index (χ0n) is 30.7. The number of aliphatic carboxylic acids is 1. The van der Waals surface area contributed by atoms with Crippen molar-refractivity contribution in [2.45, 2.75) is 70.2 Å². The quantitative estimate of drug-likeness (QED) is 0.0360. The summed E-state index contributed by atoms with van der Waals surface area (Å²) in [6.45, 7) is 0.293. The molecule has 11 N–H and O–H groups in total. The van der Waals surface area contributed by atoms with Crippen molar-refractivity contribution in [3.63, 3.8) is 0 Å². The van der Waals surface area contributed by atoms with Crippen molar-refractivity contribution in [1.29, 1.82) is 0 Å². The van der Waals surface area contributed by atoms with E-state index in [2.05, 4.69) is 34.4 Å². The number of imidazole rings is 1. The van der Waals surface area contributed by atoms with Crippen LogP contribution < -0.4 is 16.4 Å². The molecule has 2 aromatic rings. The largest absolute Gasteiger partial charge is 0.481 e. The SMILES string of the molecule is CC(C)(COP(=O)(O)OP(=O)(O)OCC1OC(n2cnc3c(N)ncnc32)C(O)C1OP(=O)(O)O)C(O)C(=O)NCCC(=O)NCCSC(=O)/C=C/CCCC(=O)O. The lowest BCUT2D eigenvalue weighted by Crippen LogP contribution is -2.46. The van der Waals surface area contributed by atoms with Gasteiger partial charge < -0.3 is 56.0 Å². The Morgan fingerprint density at radius 1 is 1.05 bits per heavy atom. The van der Waals surface area contributed by atoms with Gasteiger partial charge in [-0.1, -0.05) is 31.7 Å². The second kappa shape index (κ2) is 21.3. The van der Waals surface area contributed by atoms with Gasteiger partial charge in [0.2, 0.25) is 16.9 Å². The Kier molecular flexibility index (Phi) is 18.1. The number of aliphatic hydroxyl groups is 2. The smallest absolute Gasteiger partial charge is 0.481 e. The van der Waals surface area contributed by atoms with E-state index in [4.69, 9.17) is 24.6 Å². The fourth-order valence-electron chi connectivity index (χ4n) is 4.88. The molecule has 26 nitrogen and oxygen atoms in total. The van der Waals surface area contributed by atoms with E-state index < -0.39 is 90.5 Å². The van der Waals surface area contributed by atoms with E-state index in [9.17, 15) is 62.7 Å². The van der Waals surface area contributed by atoms with Gasteiger partial charge in [0.15, 0.2) is 17.7 Å². The summed E-state index contributed by atoms with van der Waals surface area (Å²) in [4.78, 5) is 97.8. The number of carbonyl (C=O) groups is 4. The highest BCUT2D eigenvalue weighted by molar-refractivity contribution is 8.14. The van der Waals surface area contributed by atoms with Crippen molar-refractivity contribution in [3.05, 3.63) is 24.8 Å². The van der Waals surface area contributed by atoms with E-state index in [1.54, 1.807) is 6.08 Å². The molecule has 1 aliphatic rings. The maximum atomic E-state index is 12.7. The second-order valence-corrected chi connectivity index (χ2v) is 18.3. The summed E-state index contributed by atoms with van der Waals surface area (Å²) in [6, 6.07) is 0. The molecule has 0 saturated carbocycles. The molecule has 1 fully saturated rings. The lowest BCUT2D eigenvalue weighted by Gasteiger charge is -2.30. The van der Waals surface area contributed by atoms with Gasteiger partial charge in [-0.15, -0.1) is 0 Å². The molecule has 0 bridgehead atoms. The average molecular weight is 908 g/mol. The van der Waals surface area contributed by atoms with Gasteiger partial charge in [0, 0.05) is 37.1 Å². The number of nitrogen functional groups attached to an aromatic ring is 1. The van der Waals surface area contributed by atoms with Gasteiger partial charge in [-0.25, -0.2) is 28.6 Å². The normalized spacial score (nSPS) is 21.4. The third-order valence-corrected chi connectivity index (χ3v) is 11.7. The van der Waals surface area contributed by atoms with Gasteiger partial charge in [0.25, 0.3) is 0 Å². The fraction of sp³-hybridized carbons (Fsp3) is 0.607. The number of thioether (sulfide) groups is 1. The number of phosphoric ester groups is 3. The van der Waals surface area contributed by atoms with Crippen LogP contribution >= 0.6 is 35.2 Å². The Balaban J connectivity index is 1.45. The number of carboxylic acids is 1. The zero-order valence-corrected chi connectivity index (χ0v) is 34.2. The van der Waals surface area contributed by atoms with Crippen LogP contribution in [-0.2, 0) is 55.5 Å². The van der Waals surface area contributed by atoms with Gasteiger partial charge in [0.05, 0.1) is 19.5 Å². The number of hydrogen-bond donors (Lipinski definition) is 10. The Morgan fingerprint density at radius 3 is 2.41 bits per heavy atom. The van der Waals surface area contributed by atoms with Gasteiger partial charge in [0.1, 0.15) is 36.3 Å². The summed E-state index contributed by atoms with van der Waals surface area (Å²) in [5.41, 5.74) is 4.21. The molecule has 2 aromatic heterocycles. The third-order valence-electron chi connectivity index (χ3n) is 7.76. The molecule has 0 spiro atoms. The number of anilines is 1. The first-order chi connectivity index (χ1) is 26.9. The highest BCUT2D eigenvalue weighted by Crippen LogP contribution is 2.61. The standard InChI is InChI=1S/C28H44N7O19P3S/c1-28(2,23(41)26(42)31-9-8-17(36)30-10-11-58-19(39)7-5-3-4-6-18(37)38)13-51-57(48,49)54-56(46,47)50-12-16-22(53-55(43,44)45)21(40)27(52-16)35-15-34-20-24(29)32-14-33-25(20)35/h5,7,14-16,21-23,27,40-41H,3-4,6,8-13H2,1-2H3,(H,30,36)(H,31,42)(H,37,38)(H,46,47)(H,48,49)(H2,29,32,33)(H2,43,44,45)/b7-5+. The summed E-state index contributed by atoms with van der Waals surface area (Å²) >= 11 is 0.931. The van der Waals surface area contributed by atoms with Crippen molar-refractivity contribution in [2.24, 2.45) is 5.41 Å². The summed E-state index contributed by atoms with van der Waals surface area (Å²) in [5, 5.41) is 34.6. The van der Waals surface area contributed by atoms with Crippen molar-refractivity contribution >= 4 is 75.1 Å². The molecule has 7 unspecified atom stereocenters. The summed E-state index contributed by atoms with van der Waals surface area (Å²) in [6.07, 6.45) is -3.36. The van der Waals surface area contributed by atoms with Crippen LogP contribution in [-0.4, -0.2) is 134 Å². The van der Waals surface area contributed by atoms with Crippen molar-refractivity contribution in [2.75, 3.05) is 37.8 Å². The molecule has 30 heteroatoms. The number of allylic oxidation sites excluding steroid dienone is 1. The maximum absolute atomic E-state index is 12.7. The number of hydrogen-bond acceptors (Lipinski definition) is 19. The predicted molar refractivity (Wildman–Crippen MR) is 198 cm³/mol. The van der Waals surface area contributed by atoms with Crippen LogP contribution in [0.4, 0.5) is 5.82 Å². The molecule has 0 radical (unpaired) electrons. The van der Waals surface area contributed by atoms with Crippen molar-refractivity contribution in [3.8, 4) is 0 Å². The van der Waals surface area contributed by atoms with Crippen LogP contribution in [0.3, 0.4) is 0 Å². The molecular formula is C28H44N7O19P3S. The number of phosphoric acid groups is 3. The number of nitrogens with one attached hydrogen (secondary N) is 2. The fourth-order valence-corrected chi connectivity index (χ4v) is 8.31. The highest BCUT2D eigenvalue weighted by atomic mass is 32.2. The van der Waals surface area contributed by atoms with Crippen LogP contribution in [0.15, 0.2) is 24.8 Å². The average Bonchev–Trinajstić information content (AvgIpc) is 3.67. The number of carboxylic acid groups (broad SMARTS) is 1. The van der Waals surface area contributed by atoms with E-state index in [-0.39, 0.29) is 53.8 Å². The number of unbranched alkanes of at least 4 members (excludes halogenated alkanes) is 1. The number of fused-ring (bicyclic) bond motifs is 1. The molecular weight excluding hydrogens is 863 g/mol. The number of ether oxygens (including phenoxy) is 1. The van der Waals surface area contributed by atoms with Crippen LogP contribution in [0.1, 0.15) is 45.8 Å². The number of aromatic nitrogens is 4. The minimum atomic E-state index is -5.59. The zero-order chi connectivity index (χ0) is 43.5. The Labute approximate surface area is 333 Å². The van der Waals surface area contributed by atoms with E-state index >= 15 is 0 Å². The molecule has 3 heterocycles. The van der Waals surface area contributed by atoms with E-state index in [1.165, 1.54) is 19.9 Å². The van der Waals surface area contributed by atoms with Gasteiger partial charge in [-0.05, 0) is 18.9 Å². The molecule has 7 atom stereocenters. The first-order valence-corrected chi connectivity index (χ1v) is 22.4. The van der Waals surface area contributed by atoms with Crippen LogP contribution in [0, 0.1) is 5.41 Å². The Hall–Kier alpha value is -3.23. The predicted octanol–water partition coefficient (Wildman–Crippen LogP) is -0.524. The first kappa shape index (κ1) is 49.1. The van der Waals surface area contributed by atoms with Crippen molar-refractivity contribution in [1.82, 2.24) is 30.2 Å². The van der Waals surface area contributed by atoms with Crippen molar-refractivity contribution < 1.29 is 90.4 Å². The number of rotatable bonds is 24. The summed E-state index contributed by atoms with van der Waals surface area (Å²) in [7, 11) is -16.4. The Morgan fingerprint density at radius 2 is 1.74 bits per heavy atom. The molecule has 326 valence electrons. The summed E-state index contributed by atoms with van der Waals surface area (Å²) < 4.78 is 62.0. The van der Waals surface area contributed by atoms with E-state index in [0.717, 1.165) is 29.0 Å². The molecule has 2 amide bonds. The van der Waals surface area contributed by atoms with Gasteiger partial charge in [-0.2, -0.15) is 4.31 Å². The second-order valence-electron chi connectivity index (χ2n) is 12.9. The summed E-state index contributed by atoms with van der Waals surface area (Å²) in [5.74, 6) is -2.24. The monoisotopic (exact) mass is 907 g/mol. The van der Waals surface area contributed by atoms with E-state index in [0.29, 0.717) is 12.8 Å². The highest BCUT2D eigenvalue weighted by Gasteiger charge is 2.50. The topological polar surface area (TPSA) is 401 Å². The lowest BCUT2D eigenvalue weighted by atomic mass is 9.87. The third kappa shape index (κ3) is 15.7. The van der Waals surface area contributed by atoms with E-state index in [1.807, 2.05) is 0 Å². The van der Waals surface area contributed by atoms with Gasteiger partial charge >= 0.3 is 29.4 Å². The van der Waals surface area contributed by atoms with Crippen LogP contribution in [0.5, 0.6) is 0 Å². The molecule has 0 aliphatic carbocycles. The van der Waals surface area contributed by atoms with Gasteiger partial charge in [-0.3, -0.25) is 37.3 Å². The molecule has 1 aliphatic heterocycles. The number of nitrogens with zero attached hydrogens (tertiary/aromatic N) is 4. The molecule has 3 rings (SSSR count). The van der Waals surface area contributed by atoms with Crippen LogP contribution in [0.25, 0.3) is 11.2 Å². The molecule has 0 aromatic carbocycles. The molecule has 58 heavy (non-hydrogen) atoms. The maximum Gasteiger partial charge on any atom is 0.481 e. The lowest BCUT2D eigenvalue weighted by molar-refractivity contribution is -0.137. The van der Waals surface area contributed by atoms with Crippen LogP contribution in [0.2, 0.25) is 0 Å². The number of aliphatic hydroxyl groups excluding tert-OH is 2. The molecule has 1 saturated heterocycles. The minimum absolute atomic E-state index is 0.0104. The first-order valence-electron chi connectivity index (χ1n) is 16.9. The number of nitrogens with two attached hydrogens (primary N) is 1.